The minimum absolute atomic E-state index is 0.0232. The molecule has 0 aromatic heterocycles. The first-order valence-corrected chi connectivity index (χ1v) is 6.47. The van der Waals surface area contributed by atoms with Gasteiger partial charge in [0.05, 0.1) is 13.2 Å². The molecule has 2 unspecified atom stereocenters. The van der Waals surface area contributed by atoms with Gasteiger partial charge in [-0.15, -0.1) is 0 Å². The molecule has 2 aromatic rings. The van der Waals surface area contributed by atoms with Crippen LogP contribution in [0.25, 0.3) is 11.1 Å². The molecule has 0 saturated heterocycles. The second kappa shape index (κ2) is 6.52. The van der Waals surface area contributed by atoms with E-state index in [0.29, 0.717) is 5.56 Å². The summed E-state index contributed by atoms with van der Waals surface area (Å²) in [6, 6.07) is 15.1. The number of benzene rings is 2. The first-order chi connectivity index (χ1) is 9.67. The van der Waals surface area contributed by atoms with Crippen LogP contribution in [0.2, 0.25) is 0 Å². The lowest BCUT2D eigenvalue weighted by Gasteiger charge is -2.17. The molecule has 20 heavy (non-hydrogen) atoms. The molecule has 0 aliphatic rings. The Balaban J connectivity index is 2.28. The Morgan fingerprint density at radius 2 is 1.70 bits per heavy atom. The van der Waals surface area contributed by atoms with Gasteiger partial charge in [0.15, 0.2) is 0 Å². The van der Waals surface area contributed by atoms with Gasteiger partial charge in [-0.05, 0) is 17.2 Å². The molecule has 0 bridgehead atoms. The molecule has 0 amide bonds. The van der Waals surface area contributed by atoms with E-state index in [1.807, 2.05) is 36.4 Å². The van der Waals surface area contributed by atoms with Gasteiger partial charge >= 0.3 is 0 Å². The highest BCUT2D eigenvalue weighted by Gasteiger charge is 2.16. The normalized spacial score (nSPS) is 13.8. The maximum absolute atomic E-state index is 9.90. The van der Waals surface area contributed by atoms with Crippen LogP contribution in [-0.2, 0) is 0 Å². The molecule has 2 aromatic carbocycles. The van der Waals surface area contributed by atoms with Gasteiger partial charge in [-0.2, -0.15) is 0 Å². The van der Waals surface area contributed by atoms with Crippen LogP contribution >= 0.6 is 0 Å². The Bertz CT molecular complexity index is 554. The zero-order valence-electron chi connectivity index (χ0n) is 11.4. The Hall–Kier alpha value is -1.88. The minimum atomic E-state index is -0.966. The highest BCUT2D eigenvalue weighted by Crippen LogP contribution is 2.30. The zero-order chi connectivity index (χ0) is 14.5. The van der Waals surface area contributed by atoms with Gasteiger partial charge in [0.25, 0.3) is 0 Å². The third-order valence-corrected chi connectivity index (χ3v) is 3.28. The molecule has 0 heterocycles. The third kappa shape index (κ3) is 2.99. The molecule has 0 aliphatic carbocycles. The molecule has 4 N–H and O–H groups in total. The highest BCUT2D eigenvalue weighted by molar-refractivity contribution is 5.70. The first kappa shape index (κ1) is 14.5. The summed E-state index contributed by atoms with van der Waals surface area (Å²) >= 11 is 0. The van der Waals surface area contributed by atoms with Crippen molar-refractivity contribution >= 4 is 0 Å². The number of aliphatic hydroxyl groups is 2. The van der Waals surface area contributed by atoms with Gasteiger partial charge in [0, 0.05) is 12.1 Å². The Morgan fingerprint density at radius 3 is 2.30 bits per heavy atom. The average Bonchev–Trinajstić information content (AvgIpc) is 2.53. The summed E-state index contributed by atoms with van der Waals surface area (Å²) in [6.45, 7) is 0.0232. The maximum Gasteiger partial charge on any atom is 0.126 e. The van der Waals surface area contributed by atoms with Crippen molar-refractivity contribution in [2.45, 2.75) is 12.2 Å². The molecule has 0 aliphatic heterocycles. The summed E-state index contributed by atoms with van der Waals surface area (Å²) in [5, 5.41) is 19.4. The fourth-order valence-electron chi connectivity index (χ4n) is 2.09. The Kier molecular flexibility index (Phi) is 4.74. The molecule has 106 valence electrons. The van der Waals surface area contributed by atoms with Crippen molar-refractivity contribution in [3.8, 4) is 16.9 Å². The smallest absolute Gasteiger partial charge is 0.126 e. The summed E-state index contributed by atoms with van der Waals surface area (Å²) in [7, 11) is 1.63. The van der Waals surface area contributed by atoms with Crippen LogP contribution in [0.4, 0.5) is 0 Å². The van der Waals surface area contributed by atoms with Crippen LogP contribution < -0.4 is 10.5 Å². The topological polar surface area (TPSA) is 75.7 Å². The fraction of sp³-hybridized carbons (Fsp3) is 0.250. The number of ether oxygens (including phenoxy) is 1. The maximum atomic E-state index is 9.90. The van der Waals surface area contributed by atoms with E-state index in [1.54, 1.807) is 19.2 Å². The van der Waals surface area contributed by atoms with Crippen molar-refractivity contribution < 1.29 is 14.9 Å². The second-order valence-electron chi connectivity index (χ2n) is 4.57. The number of methoxy groups -OCH3 is 1. The third-order valence-electron chi connectivity index (χ3n) is 3.28. The van der Waals surface area contributed by atoms with Crippen molar-refractivity contribution in [2.75, 3.05) is 13.7 Å². The van der Waals surface area contributed by atoms with Gasteiger partial charge in [-0.1, -0.05) is 42.5 Å². The molecular formula is C16H19NO3. The van der Waals surface area contributed by atoms with E-state index in [4.69, 9.17) is 10.5 Å². The second-order valence-corrected chi connectivity index (χ2v) is 4.57. The molecule has 4 nitrogen and oxygen atoms in total. The Labute approximate surface area is 118 Å². The number of hydrogen-bond donors (Lipinski definition) is 3. The van der Waals surface area contributed by atoms with Crippen LogP contribution in [0.5, 0.6) is 5.75 Å². The van der Waals surface area contributed by atoms with E-state index in [-0.39, 0.29) is 6.54 Å². The van der Waals surface area contributed by atoms with E-state index in [9.17, 15) is 10.2 Å². The van der Waals surface area contributed by atoms with E-state index in [1.165, 1.54) is 0 Å². The summed E-state index contributed by atoms with van der Waals surface area (Å²) in [5.74, 6) is 0.794. The monoisotopic (exact) mass is 273 g/mol. The summed E-state index contributed by atoms with van der Waals surface area (Å²) in [4.78, 5) is 0. The number of hydrogen-bond acceptors (Lipinski definition) is 4. The van der Waals surface area contributed by atoms with Crippen LogP contribution in [0, 0.1) is 0 Å². The van der Waals surface area contributed by atoms with Crippen LogP contribution in [-0.4, -0.2) is 30.0 Å². The van der Waals surface area contributed by atoms with Gasteiger partial charge in [-0.25, -0.2) is 0 Å². The van der Waals surface area contributed by atoms with Gasteiger partial charge in [-0.3, -0.25) is 0 Å². The average molecular weight is 273 g/mol. The highest BCUT2D eigenvalue weighted by atomic mass is 16.5. The fourth-order valence-corrected chi connectivity index (χ4v) is 2.09. The lowest BCUT2D eigenvalue weighted by molar-refractivity contribution is 0.0243. The molecular weight excluding hydrogens is 254 g/mol. The van der Waals surface area contributed by atoms with Crippen LogP contribution in [0.1, 0.15) is 11.7 Å². The van der Waals surface area contributed by atoms with Gasteiger partial charge in [0.1, 0.15) is 11.9 Å². The molecule has 2 atom stereocenters. The number of rotatable bonds is 5. The predicted octanol–water partition coefficient (Wildman–Crippen LogP) is 1.72. The summed E-state index contributed by atoms with van der Waals surface area (Å²) in [5.41, 5.74) is 7.95. The van der Waals surface area contributed by atoms with E-state index in [2.05, 4.69) is 0 Å². The van der Waals surface area contributed by atoms with Crippen LogP contribution in [0.3, 0.4) is 0 Å². The van der Waals surface area contributed by atoms with Crippen molar-refractivity contribution in [1.82, 2.24) is 0 Å². The molecule has 0 saturated carbocycles. The van der Waals surface area contributed by atoms with Crippen molar-refractivity contribution in [3.63, 3.8) is 0 Å². The van der Waals surface area contributed by atoms with E-state index >= 15 is 0 Å². The molecule has 0 fully saturated rings. The zero-order valence-corrected chi connectivity index (χ0v) is 11.4. The van der Waals surface area contributed by atoms with Crippen LogP contribution in [0.15, 0.2) is 48.5 Å². The number of aliphatic hydroxyl groups excluding tert-OH is 2. The van der Waals surface area contributed by atoms with E-state index < -0.39 is 12.2 Å². The van der Waals surface area contributed by atoms with Crippen molar-refractivity contribution in [2.24, 2.45) is 5.73 Å². The Morgan fingerprint density at radius 1 is 1.05 bits per heavy atom. The predicted molar refractivity (Wildman–Crippen MR) is 78.5 cm³/mol. The largest absolute Gasteiger partial charge is 0.496 e. The van der Waals surface area contributed by atoms with E-state index in [0.717, 1.165) is 16.9 Å². The molecule has 2 rings (SSSR count). The van der Waals surface area contributed by atoms with Crippen molar-refractivity contribution in [1.29, 1.82) is 0 Å². The lowest BCUT2D eigenvalue weighted by Crippen LogP contribution is -2.27. The summed E-state index contributed by atoms with van der Waals surface area (Å²) in [6.07, 6.45) is -1.92. The van der Waals surface area contributed by atoms with Crippen molar-refractivity contribution in [3.05, 3.63) is 54.1 Å². The quantitative estimate of drug-likeness (QED) is 0.775. The van der Waals surface area contributed by atoms with Gasteiger partial charge < -0.3 is 20.7 Å². The summed E-state index contributed by atoms with van der Waals surface area (Å²) < 4.78 is 5.33. The standard InChI is InChI=1S/C16H19NO3/c1-20-15-5-3-2-4-13(15)11-6-8-12(9-7-11)16(19)14(18)10-17/h2-9,14,16,18-19H,10,17H2,1H3. The molecule has 0 radical (unpaired) electrons. The number of para-hydroxylation sites is 1. The molecule has 0 spiro atoms. The first-order valence-electron chi connectivity index (χ1n) is 6.47. The lowest BCUT2D eigenvalue weighted by atomic mass is 9.99. The minimum Gasteiger partial charge on any atom is -0.496 e. The molecule has 4 heteroatoms. The number of nitrogens with two attached hydrogens (primary N) is 1. The SMILES string of the molecule is COc1ccccc1-c1ccc(C(O)C(O)CN)cc1. The van der Waals surface area contributed by atoms with Gasteiger partial charge in [0.2, 0.25) is 0 Å².